The fourth-order valence-corrected chi connectivity index (χ4v) is 9.49. The Kier molecular flexibility index (Phi) is 51.9. The van der Waals surface area contributed by atoms with Gasteiger partial charge >= 0.3 is 5.97 Å². The molecule has 0 aromatic carbocycles. The van der Waals surface area contributed by atoms with Crippen LogP contribution in [0.5, 0.6) is 0 Å². The third-order valence-electron chi connectivity index (χ3n) is 13.9. The molecule has 0 aromatic heterocycles. The Morgan fingerprint density at radius 3 is 0.953 bits per heavy atom. The number of esters is 1. The lowest BCUT2D eigenvalue weighted by molar-refractivity contribution is -0.151. The highest BCUT2D eigenvalue weighted by molar-refractivity contribution is 5.77. The van der Waals surface area contributed by atoms with Crippen LogP contribution in [-0.4, -0.2) is 46.9 Å². The van der Waals surface area contributed by atoms with Gasteiger partial charge in [-0.1, -0.05) is 297 Å². The monoisotopic (exact) mass is 906 g/mol. The van der Waals surface area contributed by atoms with Gasteiger partial charge in [-0.05, 0) is 25.7 Å². The molecule has 0 fully saturated rings. The fraction of sp³-hybridized carbons (Fsp3) is 0.966. The molecule has 0 bridgehead atoms. The molecule has 0 saturated carbocycles. The average Bonchev–Trinajstić information content (AvgIpc) is 3.29. The summed E-state index contributed by atoms with van der Waals surface area (Å²) in [6.45, 7) is 6.53. The van der Waals surface area contributed by atoms with Gasteiger partial charge in [-0.25, -0.2) is 0 Å². The largest absolute Gasteiger partial charge is 0.462 e. The summed E-state index contributed by atoms with van der Waals surface area (Å²) in [7, 11) is 0. The van der Waals surface area contributed by atoms with E-state index in [2.05, 4.69) is 26.1 Å². The van der Waals surface area contributed by atoms with E-state index in [1.165, 1.54) is 250 Å². The van der Waals surface area contributed by atoms with Gasteiger partial charge in [0.25, 0.3) is 0 Å². The Bertz CT molecular complexity index is 928. The number of carbonyl (C=O) groups excluding carboxylic acids is 2. The second-order valence-corrected chi connectivity index (χ2v) is 20.4. The topological polar surface area (TPSA) is 95.9 Å². The molecule has 382 valence electrons. The number of unbranched alkanes of at least 4 members (excludes halogenated alkanes) is 42. The Morgan fingerprint density at radius 1 is 0.391 bits per heavy atom. The first-order valence-electron chi connectivity index (χ1n) is 29.3. The second-order valence-electron chi connectivity index (χ2n) is 20.4. The molecule has 0 rings (SSSR count). The summed E-state index contributed by atoms with van der Waals surface area (Å²) in [5.74, 6) is -0.445. The highest BCUT2D eigenvalue weighted by Crippen LogP contribution is 2.19. The maximum absolute atomic E-state index is 13.2. The lowest BCUT2D eigenvalue weighted by atomic mass is 10.0. The quantitative estimate of drug-likeness (QED) is 0.0417. The summed E-state index contributed by atoms with van der Waals surface area (Å²) in [5, 5.41) is 23.8. The lowest BCUT2D eigenvalue weighted by Gasteiger charge is -2.24. The standard InChI is InChI=1S/C58H115NO5/c1-4-7-10-13-16-19-22-24-26-28-29-30-32-34-36-39-42-45-48-51-58(63)64-54(49-46-43-40-37-35-33-31-27-25-23-20-17-14-11-8-5-2)52-57(62)59-55(53-60)56(61)50-47-44-41-38-21-18-15-12-9-6-3/h54-56,60-61H,4-53H2,1-3H3,(H,59,62). The minimum atomic E-state index is -0.779. The SMILES string of the molecule is CCCCCCCCCCCCCCCCCCCCCC(=O)OC(CCCCCCCCCCCCCCCCCC)CC(=O)NC(CO)C(O)CCCCCCCCCCCC. The van der Waals surface area contributed by atoms with E-state index in [1.54, 1.807) is 0 Å². The number of aliphatic hydroxyl groups excluding tert-OH is 2. The van der Waals surface area contributed by atoms with Crippen molar-refractivity contribution in [1.82, 2.24) is 5.32 Å². The summed E-state index contributed by atoms with van der Waals surface area (Å²) < 4.78 is 5.97. The highest BCUT2D eigenvalue weighted by Gasteiger charge is 2.24. The summed E-state index contributed by atoms with van der Waals surface area (Å²) in [5.41, 5.74) is 0. The van der Waals surface area contributed by atoms with Gasteiger partial charge < -0.3 is 20.3 Å². The van der Waals surface area contributed by atoms with Crippen molar-refractivity contribution in [1.29, 1.82) is 0 Å². The summed E-state index contributed by atoms with van der Waals surface area (Å²) in [6.07, 6.45) is 58.9. The van der Waals surface area contributed by atoms with Gasteiger partial charge in [0.15, 0.2) is 0 Å². The van der Waals surface area contributed by atoms with Crippen molar-refractivity contribution in [3.05, 3.63) is 0 Å². The molecule has 3 atom stereocenters. The van der Waals surface area contributed by atoms with Crippen LogP contribution in [0.3, 0.4) is 0 Å². The van der Waals surface area contributed by atoms with E-state index in [0.717, 1.165) is 38.5 Å². The molecule has 0 spiro atoms. The number of ether oxygens (including phenoxy) is 1. The van der Waals surface area contributed by atoms with Crippen LogP contribution >= 0.6 is 0 Å². The minimum Gasteiger partial charge on any atom is -0.462 e. The third-order valence-corrected chi connectivity index (χ3v) is 13.9. The van der Waals surface area contributed by atoms with Crippen molar-refractivity contribution in [2.75, 3.05) is 6.61 Å². The van der Waals surface area contributed by atoms with E-state index in [1.807, 2.05) is 0 Å². The number of nitrogens with one attached hydrogen (secondary N) is 1. The maximum atomic E-state index is 13.2. The molecule has 64 heavy (non-hydrogen) atoms. The van der Waals surface area contributed by atoms with Gasteiger partial charge in [0, 0.05) is 6.42 Å². The molecule has 3 N–H and O–H groups in total. The van der Waals surface area contributed by atoms with Crippen LogP contribution in [0.25, 0.3) is 0 Å². The second kappa shape index (κ2) is 52.8. The normalized spacial score (nSPS) is 13.0. The predicted octanol–water partition coefficient (Wildman–Crippen LogP) is 17.9. The molecule has 0 aromatic rings. The van der Waals surface area contributed by atoms with Crippen LogP contribution in [0.4, 0.5) is 0 Å². The van der Waals surface area contributed by atoms with E-state index in [9.17, 15) is 19.8 Å². The molecular weight excluding hydrogens is 791 g/mol. The van der Waals surface area contributed by atoms with Gasteiger partial charge in [-0.15, -0.1) is 0 Å². The van der Waals surface area contributed by atoms with E-state index in [4.69, 9.17) is 4.74 Å². The number of hydrogen-bond acceptors (Lipinski definition) is 5. The van der Waals surface area contributed by atoms with E-state index >= 15 is 0 Å². The number of rotatable bonds is 54. The Morgan fingerprint density at radius 2 is 0.656 bits per heavy atom. The van der Waals surface area contributed by atoms with Crippen molar-refractivity contribution in [2.45, 2.75) is 354 Å². The van der Waals surface area contributed by atoms with Crippen molar-refractivity contribution in [2.24, 2.45) is 0 Å². The molecular formula is C58H115NO5. The molecule has 0 aliphatic heterocycles. The van der Waals surface area contributed by atoms with E-state index in [0.29, 0.717) is 19.3 Å². The predicted molar refractivity (Wildman–Crippen MR) is 278 cm³/mol. The first kappa shape index (κ1) is 62.9. The van der Waals surface area contributed by atoms with Gasteiger partial charge in [-0.2, -0.15) is 0 Å². The molecule has 1 amide bonds. The lowest BCUT2D eigenvalue weighted by Crippen LogP contribution is -2.46. The van der Waals surface area contributed by atoms with Crippen molar-refractivity contribution >= 4 is 11.9 Å². The van der Waals surface area contributed by atoms with E-state index < -0.39 is 18.2 Å². The van der Waals surface area contributed by atoms with Gasteiger partial charge in [0.1, 0.15) is 6.10 Å². The van der Waals surface area contributed by atoms with Crippen molar-refractivity contribution in [3.63, 3.8) is 0 Å². The summed E-state index contributed by atoms with van der Waals surface area (Å²) in [6, 6.07) is -0.692. The van der Waals surface area contributed by atoms with Crippen LogP contribution in [-0.2, 0) is 14.3 Å². The van der Waals surface area contributed by atoms with Crippen LogP contribution in [0, 0.1) is 0 Å². The first-order chi connectivity index (χ1) is 31.5. The molecule has 0 heterocycles. The maximum Gasteiger partial charge on any atom is 0.306 e. The number of aliphatic hydroxyl groups is 2. The molecule has 0 radical (unpaired) electrons. The molecule has 6 nitrogen and oxygen atoms in total. The van der Waals surface area contributed by atoms with Crippen molar-refractivity contribution < 1.29 is 24.5 Å². The zero-order chi connectivity index (χ0) is 46.7. The Hall–Kier alpha value is -1.14. The number of hydrogen-bond donors (Lipinski definition) is 3. The van der Waals surface area contributed by atoms with Crippen LogP contribution in [0.1, 0.15) is 335 Å². The van der Waals surface area contributed by atoms with Crippen molar-refractivity contribution in [3.8, 4) is 0 Å². The van der Waals surface area contributed by atoms with Crippen LogP contribution in [0.15, 0.2) is 0 Å². The number of carbonyl (C=O) groups is 2. The molecule has 0 aliphatic carbocycles. The third kappa shape index (κ3) is 47.4. The van der Waals surface area contributed by atoms with Gasteiger partial charge in [0.05, 0.1) is 25.2 Å². The summed E-state index contributed by atoms with van der Waals surface area (Å²) in [4.78, 5) is 26.3. The van der Waals surface area contributed by atoms with E-state index in [-0.39, 0.29) is 24.9 Å². The highest BCUT2D eigenvalue weighted by atomic mass is 16.5. The zero-order valence-electron chi connectivity index (χ0n) is 43.7. The molecule has 0 aliphatic rings. The minimum absolute atomic E-state index is 0.0884. The van der Waals surface area contributed by atoms with Gasteiger partial charge in [0.2, 0.25) is 5.91 Å². The van der Waals surface area contributed by atoms with Gasteiger partial charge in [-0.3, -0.25) is 9.59 Å². The first-order valence-corrected chi connectivity index (χ1v) is 29.3. The zero-order valence-corrected chi connectivity index (χ0v) is 43.7. The smallest absolute Gasteiger partial charge is 0.306 e. The molecule has 6 heteroatoms. The van der Waals surface area contributed by atoms with Crippen LogP contribution < -0.4 is 5.32 Å². The Labute approximate surface area is 400 Å². The average molecular weight is 907 g/mol. The molecule has 3 unspecified atom stereocenters. The summed E-state index contributed by atoms with van der Waals surface area (Å²) >= 11 is 0. The molecule has 0 saturated heterocycles. The Balaban J connectivity index is 4.44. The number of amides is 1. The van der Waals surface area contributed by atoms with Crippen LogP contribution in [0.2, 0.25) is 0 Å². The fourth-order valence-electron chi connectivity index (χ4n) is 9.49.